The maximum atomic E-state index is 11.6. The van der Waals surface area contributed by atoms with E-state index in [1.807, 2.05) is 0 Å². The molecule has 3 atom stereocenters. The van der Waals surface area contributed by atoms with Crippen LogP contribution >= 0.6 is 0 Å². The maximum Gasteiger partial charge on any atom is 0.333 e. The molecule has 0 N–H and O–H groups in total. The van der Waals surface area contributed by atoms with E-state index in [1.165, 1.54) is 12.7 Å². The molecule has 2 rings (SSSR count). The van der Waals surface area contributed by atoms with Crippen molar-refractivity contribution in [3.05, 3.63) is 23.8 Å². The minimum Gasteiger partial charge on any atom is -0.466 e. The lowest BCUT2D eigenvalue weighted by Gasteiger charge is -2.39. The lowest BCUT2D eigenvalue weighted by molar-refractivity contribution is -0.136. The van der Waals surface area contributed by atoms with E-state index in [0.29, 0.717) is 17.9 Å². The molecule has 0 heterocycles. The first-order valence-electron chi connectivity index (χ1n) is 6.89. The van der Waals surface area contributed by atoms with Crippen molar-refractivity contribution in [2.24, 2.45) is 17.3 Å². The second-order valence-electron chi connectivity index (χ2n) is 6.01. The van der Waals surface area contributed by atoms with Gasteiger partial charge in [-0.05, 0) is 49.5 Å². The normalized spacial score (nSPS) is 34.3. The third-order valence-corrected chi connectivity index (χ3v) is 5.10. The summed E-state index contributed by atoms with van der Waals surface area (Å²) < 4.78 is 4.76. The fraction of sp³-hybridized carbons (Fsp3) is 0.625. The predicted octanol–water partition coefficient (Wildman–Crippen LogP) is 3.06. The molecule has 0 aromatic heterocycles. The molecule has 2 aliphatic rings. The Morgan fingerprint density at radius 3 is 2.79 bits per heavy atom. The Morgan fingerprint density at radius 1 is 1.53 bits per heavy atom. The summed E-state index contributed by atoms with van der Waals surface area (Å²) in [5.41, 5.74) is 1.84. The monoisotopic (exact) mass is 262 g/mol. The molecule has 19 heavy (non-hydrogen) atoms. The van der Waals surface area contributed by atoms with Crippen molar-refractivity contribution in [3.8, 4) is 0 Å². The Morgan fingerprint density at radius 2 is 2.21 bits per heavy atom. The number of hydrogen-bond acceptors (Lipinski definition) is 3. The molecule has 1 saturated carbocycles. The first-order valence-corrected chi connectivity index (χ1v) is 6.89. The fourth-order valence-electron chi connectivity index (χ4n) is 3.81. The minimum absolute atomic E-state index is 0.0789. The van der Waals surface area contributed by atoms with Gasteiger partial charge in [0.25, 0.3) is 0 Å². The standard InChI is InChI=1S/C16H22O3/c1-10-7-14(17)8-11(2)16(10)6-5-13(9-16)12(3)15(18)19-4/h7,11,13H,3,5-6,8-9H2,1-2,4H3/t11-,13+,16+/m0/s1. The fourth-order valence-corrected chi connectivity index (χ4v) is 3.81. The summed E-state index contributed by atoms with van der Waals surface area (Å²) in [5.74, 6) is 0.459. The Hall–Kier alpha value is -1.38. The van der Waals surface area contributed by atoms with Crippen LogP contribution < -0.4 is 0 Å². The molecular formula is C16H22O3. The van der Waals surface area contributed by atoms with Gasteiger partial charge in [-0.2, -0.15) is 0 Å². The van der Waals surface area contributed by atoms with Gasteiger partial charge >= 0.3 is 5.97 Å². The maximum absolute atomic E-state index is 11.6. The third kappa shape index (κ3) is 2.26. The highest BCUT2D eigenvalue weighted by molar-refractivity contribution is 5.92. The second-order valence-corrected chi connectivity index (χ2v) is 6.01. The number of carbonyl (C=O) groups is 2. The Labute approximate surface area is 114 Å². The van der Waals surface area contributed by atoms with E-state index in [-0.39, 0.29) is 23.1 Å². The van der Waals surface area contributed by atoms with Gasteiger partial charge < -0.3 is 4.74 Å². The number of carbonyl (C=O) groups excluding carboxylic acids is 2. The van der Waals surface area contributed by atoms with Crippen LogP contribution in [0.2, 0.25) is 0 Å². The summed E-state index contributed by atoms with van der Waals surface area (Å²) in [4.78, 5) is 23.2. The molecule has 0 saturated heterocycles. The summed E-state index contributed by atoms with van der Waals surface area (Å²) in [6, 6.07) is 0. The van der Waals surface area contributed by atoms with E-state index in [9.17, 15) is 9.59 Å². The minimum atomic E-state index is -0.303. The lowest BCUT2D eigenvalue weighted by Crippen LogP contribution is -2.33. The number of methoxy groups -OCH3 is 1. The van der Waals surface area contributed by atoms with E-state index in [4.69, 9.17) is 4.74 Å². The van der Waals surface area contributed by atoms with Crippen LogP contribution in [0.3, 0.4) is 0 Å². The summed E-state index contributed by atoms with van der Waals surface area (Å²) >= 11 is 0. The van der Waals surface area contributed by atoms with Gasteiger partial charge in [-0.1, -0.05) is 19.1 Å². The van der Waals surface area contributed by atoms with E-state index in [2.05, 4.69) is 20.4 Å². The van der Waals surface area contributed by atoms with Gasteiger partial charge in [-0.25, -0.2) is 4.79 Å². The van der Waals surface area contributed by atoms with Crippen molar-refractivity contribution < 1.29 is 14.3 Å². The van der Waals surface area contributed by atoms with Crippen LogP contribution in [-0.2, 0) is 14.3 Å². The summed E-state index contributed by atoms with van der Waals surface area (Å²) in [6.45, 7) is 8.09. The van der Waals surface area contributed by atoms with E-state index < -0.39 is 0 Å². The van der Waals surface area contributed by atoms with Crippen LogP contribution in [0.1, 0.15) is 39.5 Å². The first-order chi connectivity index (χ1) is 8.90. The molecule has 1 fully saturated rings. The zero-order chi connectivity index (χ0) is 14.2. The quantitative estimate of drug-likeness (QED) is 0.567. The molecule has 0 aromatic rings. The zero-order valence-corrected chi connectivity index (χ0v) is 12.0. The molecule has 104 valence electrons. The Balaban J connectivity index is 2.21. The number of ketones is 1. The van der Waals surface area contributed by atoms with Gasteiger partial charge in [-0.3, -0.25) is 4.79 Å². The van der Waals surface area contributed by atoms with E-state index >= 15 is 0 Å². The van der Waals surface area contributed by atoms with Crippen molar-refractivity contribution in [2.45, 2.75) is 39.5 Å². The SMILES string of the molecule is C=C(C(=O)OC)[C@@H]1CC[C@@]2(C1)C(C)=CC(=O)C[C@@H]2C. The molecule has 3 nitrogen and oxygen atoms in total. The van der Waals surface area contributed by atoms with Gasteiger partial charge in [-0.15, -0.1) is 0 Å². The van der Waals surface area contributed by atoms with Gasteiger partial charge in [0.05, 0.1) is 7.11 Å². The number of esters is 1. The lowest BCUT2D eigenvalue weighted by atomic mass is 9.64. The predicted molar refractivity (Wildman–Crippen MR) is 73.5 cm³/mol. The Bertz CT molecular complexity index is 461. The molecule has 2 aliphatic carbocycles. The average molecular weight is 262 g/mol. The highest BCUT2D eigenvalue weighted by Crippen LogP contribution is 2.56. The molecule has 0 aliphatic heterocycles. The van der Waals surface area contributed by atoms with Crippen molar-refractivity contribution in [1.82, 2.24) is 0 Å². The van der Waals surface area contributed by atoms with E-state index in [0.717, 1.165) is 19.3 Å². The van der Waals surface area contributed by atoms with Crippen LogP contribution in [0.5, 0.6) is 0 Å². The first kappa shape index (κ1) is 14.0. The number of hydrogen-bond donors (Lipinski definition) is 0. The van der Waals surface area contributed by atoms with E-state index in [1.54, 1.807) is 6.08 Å². The summed E-state index contributed by atoms with van der Waals surface area (Å²) in [7, 11) is 1.39. The Kier molecular flexibility index (Phi) is 3.66. The van der Waals surface area contributed by atoms with Crippen LogP contribution in [0.25, 0.3) is 0 Å². The van der Waals surface area contributed by atoms with Crippen LogP contribution in [0, 0.1) is 17.3 Å². The van der Waals surface area contributed by atoms with Crippen molar-refractivity contribution >= 4 is 11.8 Å². The molecule has 0 radical (unpaired) electrons. The van der Waals surface area contributed by atoms with Crippen molar-refractivity contribution in [1.29, 1.82) is 0 Å². The molecular weight excluding hydrogens is 240 g/mol. The number of rotatable bonds is 2. The molecule has 3 heteroatoms. The highest BCUT2D eigenvalue weighted by atomic mass is 16.5. The van der Waals surface area contributed by atoms with Crippen LogP contribution in [-0.4, -0.2) is 18.9 Å². The molecule has 0 aromatic carbocycles. The number of ether oxygens (including phenoxy) is 1. The highest BCUT2D eigenvalue weighted by Gasteiger charge is 2.47. The largest absolute Gasteiger partial charge is 0.466 e. The summed E-state index contributed by atoms with van der Waals surface area (Å²) in [5, 5.41) is 0. The van der Waals surface area contributed by atoms with Crippen LogP contribution in [0.4, 0.5) is 0 Å². The molecule has 1 spiro atoms. The average Bonchev–Trinajstić information content (AvgIpc) is 2.81. The van der Waals surface area contributed by atoms with Gasteiger partial charge in [0.1, 0.15) is 0 Å². The third-order valence-electron chi connectivity index (χ3n) is 5.10. The van der Waals surface area contributed by atoms with Crippen LogP contribution in [0.15, 0.2) is 23.8 Å². The summed E-state index contributed by atoms with van der Waals surface area (Å²) in [6.07, 6.45) is 5.32. The van der Waals surface area contributed by atoms with Crippen molar-refractivity contribution in [3.63, 3.8) is 0 Å². The number of allylic oxidation sites excluding steroid dienone is 2. The molecule has 0 amide bonds. The van der Waals surface area contributed by atoms with Gasteiger partial charge in [0.15, 0.2) is 5.78 Å². The smallest absolute Gasteiger partial charge is 0.333 e. The van der Waals surface area contributed by atoms with Gasteiger partial charge in [0, 0.05) is 12.0 Å². The topological polar surface area (TPSA) is 43.4 Å². The molecule has 0 bridgehead atoms. The zero-order valence-electron chi connectivity index (χ0n) is 12.0. The van der Waals surface area contributed by atoms with Crippen molar-refractivity contribution in [2.75, 3.05) is 7.11 Å². The second kappa shape index (κ2) is 4.95. The molecule has 0 unspecified atom stereocenters. The van der Waals surface area contributed by atoms with Gasteiger partial charge in [0.2, 0.25) is 0 Å².